The fraction of sp³-hybridized carbons (Fsp3) is 0.400. The van der Waals surface area contributed by atoms with Gasteiger partial charge in [-0.25, -0.2) is 8.42 Å². The molecule has 0 radical (unpaired) electrons. The Bertz CT molecular complexity index is 874. The van der Waals surface area contributed by atoms with Gasteiger partial charge in [0.25, 0.3) is 0 Å². The van der Waals surface area contributed by atoms with E-state index in [0.29, 0.717) is 13.1 Å². The Balaban J connectivity index is 1.43. The summed E-state index contributed by atoms with van der Waals surface area (Å²) in [5.41, 5.74) is 2.30. The summed E-state index contributed by atoms with van der Waals surface area (Å²) in [4.78, 5) is 2.48. The Morgan fingerprint density at radius 1 is 0.923 bits per heavy atom. The van der Waals surface area contributed by atoms with Gasteiger partial charge in [-0.2, -0.15) is 4.31 Å². The maximum Gasteiger partial charge on any atom is 0.218 e. The van der Waals surface area contributed by atoms with Gasteiger partial charge in [0.05, 0.1) is 5.75 Å². The molecule has 1 heterocycles. The van der Waals surface area contributed by atoms with Crippen molar-refractivity contribution in [2.75, 3.05) is 26.2 Å². The first-order chi connectivity index (χ1) is 12.5. The molecule has 2 aliphatic rings. The lowest BCUT2D eigenvalue weighted by Gasteiger charge is -2.39. The van der Waals surface area contributed by atoms with Crippen LogP contribution in [0.3, 0.4) is 0 Å². The van der Waals surface area contributed by atoms with E-state index in [-0.39, 0.29) is 11.3 Å². The van der Waals surface area contributed by atoms with Crippen molar-refractivity contribution in [3.05, 3.63) is 70.2 Å². The molecule has 1 aliphatic heterocycles. The number of piperazine rings is 1. The Hall–Kier alpha value is -1.21. The number of hydrogen-bond donors (Lipinski definition) is 0. The SMILES string of the molecule is O=S(=O)(Cc1ccccc1)N1CCN(C2(c3cccc(Br)c3)CC2)CC1. The topological polar surface area (TPSA) is 40.6 Å². The summed E-state index contributed by atoms with van der Waals surface area (Å²) >= 11 is 3.57. The summed E-state index contributed by atoms with van der Waals surface area (Å²) < 4.78 is 28.2. The zero-order chi connectivity index (χ0) is 18.2. The number of nitrogens with zero attached hydrogens (tertiary/aromatic N) is 2. The van der Waals surface area contributed by atoms with Crippen LogP contribution >= 0.6 is 15.9 Å². The molecule has 0 aromatic heterocycles. The first-order valence-corrected chi connectivity index (χ1v) is 11.4. The average Bonchev–Trinajstić information content (AvgIpc) is 3.44. The second-order valence-corrected chi connectivity index (χ2v) is 10.1. The molecule has 4 rings (SSSR count). The molecule has 26 heavy (non-hydrogen) atoms. The molecule has 0 spiro atoms. The molecular weight excluding hydrogens is 412 g/mol. The van der Waals surface area contributed by atoms with E-state index in [1.807, 2.05) is 36.4 Å². The van der Waals surface area contributed by atoms with Crippen LogP contribution in [0.4, 0.5) is 0 Å². The lowest BCUT2D eigenvalue weighted by molar-refractivity contribution is 0.121. The van der Waals surface area contributed by atoms with Gasteiger partial charge >= 0.3 is 0 Å². The lowest BCUT2D eigenvalue weighted by atomic mass is 10.0. The summed E-state index contributed by atoms with van der Waals surface area (Å²) in [7, 11) is -3.26. The molecule has 1 saturated carbocycles. The number of sulfonamides is 1. The minimum absolute atomic E-state index is 0.0879. The summed E-state index contributed by atoms with van der Waals surface area (Å²) in [6.07, 6.45) is 2.31. The van der Waals surface area contributed by atoms with Gasteiger partial charge in [-0.15, -0.1) is 0 Å². The van der Waals surface area contributed by atoms with E-state index in [1.165, 1.54) is 5.56 Å². The predicted molar refractivity (Wildman–Crippen MR) is 107 cm³/mol. The molecule has 0 bridgehead atoms. The maximum absolute atomic E-state index is 12.7. The van der Waals surface area contributed by atoms with Crippen LogP contribution in [0.15, 0.2) is 59.1 Å². The van der Waals surface area contributed by atoms with Crippen molar-refractivity contribution >= 4 is 26.0 Å². The summed E-state index contributed by atoms with van der Waals surface area (Å²) in [6, 6.07) is 18.0. The van der Waals surface area contributed by atoms with E-state index in [1.54, 1.807) is 4.31 Å². The summed E-state index contributed by atoms with van der Waals surface area (Å²) in [6.45, 7) is 2.73. The van der Waals surface area contributed by atoms with Gasteiger partial charge < -0.3 is 0 Å². The van der Waals surface area contributed by atoms with Gasteiger partial charge in [-0.3, -0.25) is 4.90 Å². The Kier molecular flexibility index (Phi) is 4.94. The fourth-order valence-electron chi connectivity index (χ4n) is 3.95. The van der Waals surface area contributed by atoms with E-state index < -0.39 is 10.0 Å². The molecule has 0 amide bonds. The third-order valence-electron chi connectivity index (χ3n) is 5.51. The average molecular weight is 435 g/mol. The highest BCUT2D eigenvalue weighted by Crippen LogP contribution is 2.51. The highest BCUT2D eigenvalue weighted by atomic mass is 79.9. The first-order valence-electron chi connectivity index (χ1n) is 9.02. The zero-order valence-corrected chi connectivity index (χ0v) is 17.0. The monoisotopic (exact) mass is 434 g/mol. The normalized spacial score (nSPS) is 20.8. The number of rotatable bonds is 5. The Labute approximate surface area is 164 Å². The Morgan fingerprint density at radius 3 is 2.23 bits per heavy atom. The van der Waals surface area contributed by atoms with Crippen LogP contribution in [-0.4, -0.2) is 43.8 Å². The van der Waals surface area contributed by atoms with Crippen molar-refractivity contribution in [3.8, 4) is 0 Å². The minimum atomic E-state index is -3.26. The highest BCUT2D eigenvalue weighted by molar-refractivity contribution is 9.10. The lowest BCUT2D eigenvalue weighted by Crippen LogP contribution is -2.52. The van der Waals surface area contributed by atoms with Crippen molar-refractivity contribution in [1.82, 2.24) is 9.21 Å². The van der Waals surface area contributed by atoms with Crippen LogP contribution in [0.25, 0.3) is 0 Å². The largest absolute Gasteiger partial charge is 0.291 e. The van der Waals surface area contributed by atoms with Crippen LogP contribution in [0.1, 0.15) is 24.0 Å². The first kappa shape index (κ1) is 18.2. The molecule has 6 heteroatoms. The van der Waals surface area contributed by atoms with E-state index in [9.17, 15) is 8.42 Å². The smallest absolute Gasteiger partial charge is 0.218 e. The van der Waals surface area contributed by atoms with E-state index in [2.05, 4.69) is 39.0 Å². The molecule has 2 fully saturated rings. The standard InChI is InChI=1S/C20H23BrN2O2S/c21-19-8-4-7-18(15-19)20(9-10-20)22-11-13-23(14-12-22)26(24,25)16-17-5-2-1-3-6-17/h1-8,15H,9-14,16H2. The van der Waals surface area contributed by atoms with E-state index in [4.69, 9.17) is 0 Å². The van der Waals surface area contributed by atoms with Gasteiger partial charge in [0, 0.05) is 36.2 Å². The molecule has 0 N–H and O–H groups in total. The van der Waals surface area contributed by atoms with Gasteiger partial charge in [0.2, 0.25) is 10.0 Å². The van der Waals surface area contributed by atoms with Gasteiger partial charge in [-0.05, 0) is 36.1 Å². The van der Waals surface area contributed by atoms with Crippen molar-refractivity contribution in [1.29, 1.82) is 0 Å². The predicted octanol–water partition coefficient (Wildman–Crippen LogP) is 3.59. The van der Waals surface area contributed by atoms with Gasteiger partial charge in [-0.1, -0.05) is 58.4 Å². The minimum Gasteiger partial charge on any atom is -0.291 e. The number of halogens is 1. The van der Waals surface area contributed by atoms with Crippen molar-refractivity contribution in [2.24, 2.45) is 0 Å². The molecule has 4 nitrogen and oxygen atoms in total. The van der Waals surface area contributed by atoms with Gasteiger partial charge in [0.1, 0.15) is 0 Å². The highest BCUT2D eigenvalue weighted by Gasteiger charge is 2.50. The zero-order valence-electron chi connectivity index (χ0n) is 14.6. The number of benzene rings is 2. The molecule has 0 unspecified atom stereocenters. The van der Waals surface area contributed by atoms with Crippen LogP contribution in [0.2, 0.25) is 0 Å². The second-order valence-electron chi connectivity index (χ2n) is 7.17. The van der Waals surface area contributed by atoms with Crippen LogP contribution in [0, 0.1) is 0 Å². The second kappa shape index (κ2) is 7.08. The molecule has 0 atom stereocenters. The van der Waals surface area contributed by atoms with E-state index >= 15 is 0 Å². The number of hydrogen-bond acceptors (Lipinski definition) is 3. The Morgan fingerprint density at radius 2 is 1.62 bits per heavy atom. The third-order valence-corrected chi connectivity index (χ3v) is 7.86. The molecule has 2 aromatic carbocycles. The molecule has 1 aliphatic carbocycles. The molecule has 138 valence electrons. The maximum atomic E-state index is 12.7. The van der Waals surface area contributed by atoms with Crippen LogP contribution in [0.5, 0.6) is 0 Å². The quantitative estimate of drug-likeness (QED) is 0.721. The van der Waals surface area contributed by atoms with Crippen molar-refractivity contribution < 1.29 is 8.42 Å². The van der Waals surface area contributed by atoms with Crippen molar-refractivity contribution in [3.63, 3.8) is 0 Å². The van der Waals surface area contributed by atoms with Crippen LogP contribution < -0.4 is 0 Å². The third kappa shape index (κ3) is 3.60. The van der Waals surface area contributed by atoms with Gasteiger partial charge in [0.15, 0.2) is 0 Å². The van der Waals surface area contributed by atoms with Crippen LogP contribution in [-0.2, 0) is 21.3 Å². The van der Waals surface area contributed by atoms with E-state index in [0.717, 1.165) is 36.0 Å². The molecule has 1 saturated heterocycles. The summed E-state index contributed by atoms with van der Waals surface area (Å²) in [5, 5.41) is 0. The fourth-order valence-corrected chi connectivity index (χ4v) is 5.87. The molecule has 2 aromatic rings. The summed E-state index contributed by atoms with van der Waals surface area (Å²) in [5.74, 6) is 0.0879. The van der Waals surface area contributed by atoms with Crippen molar-refractivity contribution in [2.45, 2.75) is 24.1 Å². The molecular formula is C20H23BrN2O2S.